The van der Waals surface area contributed by atoms with Gasteiger partial charge in [0.05, 0.1) is 11.5 Å². The van der Waals surface area contributed by atoms with Gasteiger partial charge in [-0.15, -0.1) is 0 Å². The van der Waals surface area contributed by atoms with Gasteiger partial charge in [0.2, 0.25) is 0 Å². The molecule has 0 amide bonds. The summed E-state index contributed by atoms with van der Waals surface area (Å²) in [6.07, 6.45) is 4.00. The van der Waals surface area contributed by atoms with Gasteiger partial charge >= 0.3 is 0 Å². The Labute approximate surface area is 106 Å². The summed E-state index contributed by atoms with van der Waals surface area (Å²) >= 11 is 0. The van der Waals surface area contributed by atoms with Crippen LogP contribution in [0.4, 0.5) is 0 Å². The maximum Gasteiger partial charge on any atom is 0.0683 e. The van der Waals surface area contributed by atoms with Crippen LogP contribution in [0.25, 0.3) is 0 Å². The third kappa shape index (κ3) is 9.14. The van der Waals surface area contributed by atoms with Crippen LogP contribution in [-0.4, -0.2) is 24.8 Å². The third-order valence-electron chi connectivity index (χ3n) is 3.10. The molecule has 0 fully saturated rings. The Hall–Kier alpha value is -0.590. The molecule has 0 heterocycles. The maximum atomic E-state index is 8.90. The molecule has 0 aliphatic rings. The Bertz CT molecular complexity index is 241. The van der Waals surface area contributed by atoms with Crippen molar-refractivity contribution in [3.63, 3.8) is 0 Å². The van der Waals surface area contributed by atoms with Crippen LogP contribution in [0, 0.1) is 22.2 Å². The van der Waals surface area contributed by atoms with Gasteiger partial charge in [-0.05, 0) is 45.1 Å². The topological polar surface area (TPSA) is 56.0 Å². The predicted molar refractivity (Wildman–Crippen MR) is 71.6 cm³/mol. The average Bonchev–Trinajstić information content (AvgIpc) is 2.23. The maximum absolute atomic E-state index is 8.90. The van der Waals surface area contributed by atoms with Crippen molar-refractivity contribution in [2.75, 3.05) is 19.7 Å². The van der Waals surface area contributed by atoms with E-state index in [0.717, 1.165) is 38.8 Å². The zero-order chi connectivity index (χ0) is 13.4. The van der Waals surface area contributed by atoms with E-state index in [-0.39, 0.29) is 17.4 Å². The number of rotatable bonds is 9. The van der Waals surface area contributed by atoms with Crippen molar-refractivity contribution in [3.8, 4) is 6.07 Å². The molecule has 0 aliphatic heterocycles. The van der Waals surface area contributed by atoms with E-state index in [9.17, 15) is 0 Å². The smallest absolute Gasteiger partial charge is 0.0683 e. The lowest BCUT2D eigenvalue weighted by atomic mass is 9.88. The SMILES string of the molecule is CC(C)(C#N)CCCCNCC(C)(C)CCO. The van der Waals surface area contributed by atoms with Crippen molar-refractivity contribution in [2.24, 2.45) is 10.8 Å². The van der Waals surface area contributed by atoms with Gasteiger partial charge in [-0.3, -0.25) is 0 Å². The summed E-state index contributed by atoms with van der Waals surface area (Å²) in [5.41, 5.74) is -0.0170. The first-order valence-electron chi connectivity index (χ1n) is 6.56. The van der Waals surface area contributed by atoms with Gasteiger partial charge in [0.1, 0.15) is 0 Å². The summed E-state index contributed by atoms with van der Waals surface area (Å²) < 4.78 is 0. The van der Waals surface area contributed by atoms with Crippen LogP contribution < -0.4 is 5.32 Å². The van der Waals surface area contributed by atoms with E-state index in [4.69, 9.17) is 10.4 Å². The number of aliphatic hydroxyl groups excluding tert-OH is 1. The Kier molecular flexibility index (Phi) is 7.41. The highest BCUT2D eigenvalue weighted by molar-refractivity contribution is 4.91. The van der Waals surface area contributed by atoms with E-state index in [1.165, 1.54) is 0 Å². The van der Waals surface area contributed by atoms with E-state index in [0.29, 0.717) is 0 Å². The monoisotopic (exact) mass is 240 g/mol. The van der Waals surface area contributed by atoms with Crippen LogP contribution in [0.1, 0.15) is 53.4 Å². The quantitative estimate of drug-likeness (QED) is 0.609. The molecular formula is C14H28N2O. The van der Waals surface area contributed by atoms with Gasteiger partial charge < -0.3 is 10.4 Å². The number of aliphatic hydroxyl groups is 1. The molecule has 3 nitrogen and oxygen atoms in total. The molecule has 0 rings (SSSR count). The van der Waals surface area contributed by atoms with E-state index < -0.39 is 0 Å². The standard InChI is InChI=1S/C14H28N2O/c1-13(2,11-15)7-5-6-9-16-12-14(3,4)8-10-17/h16-17H,5-10,12H2,1-4H3. The minimum atomic E-state index is -0.184. The fraction of sp³-hybridized carbons (Fsp3) is 0.929. The van der Waals surface area contributed by atoms with Crippen molar-refractivity contribution >= 4 is 0 Å². The van der Waals surface area contributed by atoms with Crippen LogP contribution in [0.2, 0.25) is 0 Å². The first-order valence-corrected chi connectivity index (χ1v) is 6.56. The molecule has 17 heavy (non-hydrogen) atoms. The first-order chi connectivity index (χ1) is 7.83. The summed E-state index contributed by atoms with van der Waals surface area (Å²) in [6.45, 7) is 10.5. The highest BCUT2D eigenvalue weighted by Gasteiger charge is 2.17. The van der Waals surface area contributed by atoms with E-state index in [1.807, 2.05) is 13.8 Å². The minimum Gasteiger partial charge on any atom is -0.396 e. The molecule has 0 spiro atoms. The summed E-state index contributed by atoms with van der Waals surface area (Å²) in [5, 5.41) is 21.2. The second-order valence-corrected chi connectivity index (χ2v) is 6.27. The minimum absolute atomic E-state index is 0.167. The largest absolute Gasteiger partial charge is 0.396 e. The van der Waals surface area contributed by atoms with Crippen LogP contribution in [0.5, 0.6) is 0 Å². The average molecular weight is 240 g/mol. The highest BCUT2D eigenvalue weighted by Crippen LogP contribution is 2.21. The predicted octanol–water partition coefficient (Wildman–Crippen LogP) is 2.70. The van der Waals surface area contributed by atoms with E-state index in [2.05, 4.69) is 25.2 Å². The number of nitriles is 1. The molecule has 0 aromatic heterocycles. The van der Waals surface area contributed by atoms with Crippen LogP contribution >= 0.6 is 0 Å². The second-order valence-electron chi connectivity index (χ2n) is 6.27. The normalized spacial score (nSPS) is 12.5. The van der Waals surface area contributed by atoms with Gasteiger partial charge in [0.15, 0.2) is 0 Å². The first kappa shape index (κ1) is 16.4. The van der Waals surface area contributed by atoms with Gasteiger partial charge in [-0.1, -0.05) is 20.3 Å². The Balaban J connectivity index is 3.51. The van der Waals surface area contributed by atoms with Gasteiger partial charge in [0, 0.05) is 13.2 Å². The molecule has 0 unspecified atom stereocenters. The molecular weight excluding hydrogens is 212 g/mol. The molecule has 100 valence electrons. The highest BCUT2D eigenvalue weighted by atomic mass is 16.3. The number of hydrogen-bond donors (Lipinski definition) is 2. The van der Waals surface area contributed by atoms with Gasteiger partial charge in [-0.2, -0.15) is 5.26 Å². The van der Waals surface area contributed by atoms with Crippen molar-refractivity contribution < 1.29 is 5.11 Å². The van der Waals surface area contributed by atoms with Crippen molar-refractivity contribution in [1.82, 2.24) is 5.32 Å². The molecule has 3 heteroatoms. The van der Waals surface area contributed by atoms with Crippen LogP contribution in [-0.2, 0) is 0 Å². The van der Waals surface area contributed by atoms with Crippen molar-refractivity contribution in [1.29, 1.82) is 5.26 Å². The van der Waals surface area contributed by atoms with Crippen molar-refractivity contribution in [3.05, 3.63) is 0 Å². The Morgan fingerprint density at radius 2 is 1.76 bits per heavy atom. The zero-order valence-corrected chi connectivity index (χ0v) is 11.8. The lowest BCUT2D eigenvalue weighted by Crippen LogP contribution is -2.30. The van der Waals surface area contributed by atoms with Crippen molar-refractivity contribution in [2.45, 2.75) is 53.4 Å². The Morgan fingerprint density at radius 3 is 2.29 bits per heavy atom. The number of hydrogen-bond acceptors (Lipinski definition) is 3. The molecule has 0 aliphatic carbocycles. The van der Waals surface area contributed by atoms with Gasteiger partial charge in [-0.25, -0.2) is 0 Å². The fourth-order valence-corrected chi connectivity index (χ4v) is 1.69. The zero-order valence-electron chi connectivity index (χ0n) is 11.8. The molecule has 2 N–H and O–H groups in total. The Morgan fingerprint density at radius 1 is 1.12 bits per heavy atom. The third-order valence-corrected chi connectivity index (χ3v) is 3.10. The molecule has 0 saturated heterocycles. The molecule has 0 saturated carbocycles. The lowest BCUT2D eigenvalue weighted by Gasteiger charge is -2.24. The fourth-order valence-electron chi connectivity index (χ4n) is 1.69. The summed E-state index contributed by atoms with van der Waals surface area (Å²) in [6, 6.07) is 2.33. The second kappa shape index (κ2) is 7.68. The van der Waals surface area contributed by atoms with E-state index in [1.54, 1.807) is 0 Å². The molecule has 0 bridgehead atoms. The summed E-state index contributed by atoms with van der Waals surface area (Å²) in [4.78, 5) is 0. The number of nitrogens with zero attached hydrogens (tertiary/aromatic N) is 1. The molecule has 0 aromatic rings. The number of unbranched alkanes of at least 4 members (excludes halogenated alkanes) is 1. The van der Waals surface area contributed by atoms with Gasteiger partial charge in [0.25, 0.3) is 0 Å². The summed E-state index contributed by atoms with van der Waals surface area (Å²) in [5.74, 6) is 0. The van der Waals surface area contributed by atoms with Crippen LogP contribution in [0.15, 0.2) is 0 Å². The number of nitrogens with one attached hydrogen (secondary N) is 1. The van der Waals surface area contributed by atoms with E-state index >= 15 is 0 Å². The molecule has 0 radical (unpaired) electrons. The molecule has 0 aromatic carbocycles. The summed E-state index contributed by atoms with van der Waals surface area (Å²) in [7, 11) is 0. The lowest BCUT2D eigenvalue weighted by molar-refractivity contribution is 0.207. The van der Waals surface area contributed by atoms with Crippen LogP contribution in [0.3, 0.4) is 0 Å². The molecule has 0 atom stereocenters.